The average Bonchev–Trinajstić information content (AvgIpc) is 2.30. The van der Waals surface area contributed by atoms with E-state index in [0.29, 0.717) is 0 Å². The van der Waals surface area contributed by atoms with Gasteiger partial charge in [0.15, 0.2) is 5.82 Å². The highest BCUT2D eigenvalue weighted by atomic mass is 15.0. The second-order valence-corrected chi connectivity index (χ2v) is 3.61. The summed E-state index contributed by atoms with van der Waals surface area (Å²) in [4.78, 5) is 8.91. The first-order valence-electron chi connectivity index (χ1n) is 5.44. The molecule has 1 heterocycles. The predicted molar refractivity (Wildman–Crippen MR) is 66.4 cm³/mol. The Hall–Kier alpha value is -1.90. The van der Waals surface area contributed by atoms with Gasteiger partial charge in [0.05, 0.1) is 0 Å². The van der Waals surface area contributed by atoms with Crippen LogP contribution in [-0.2, 0) is 0 Å². The summed E-state index contributed by atoms with van der Waals surface area (Å²) in [5, 5.41) is 3.21. The maximum atomic E-state index is 4.47. The number of anilines is 1. The molecular formula is C13H15N3. The van der Waals surface area contributed by atoms with Gasteiger partial charge in [0, 0.05) is 23.9 Å². The minimum Gasteiger partial charge on any atom is -0.370 e. The van der Waals surface area contributed by atoms with Crippen molar-refractivity contribution in [2.45, 2.75) is 13.8 Å². The van der Waals surface area contributed by atoms with Crippen LogP contribution in [0.25, 0.3) is 11.4 Å². The van der Waals surface area contributed by atoms with E-state index >= 15 is 0 Å². The average molecular weight is 213 g/mol. The zero-order chi connectivity index (χ0) is 11.4. The molecule has 0 bridgehead atoms. The Balaban J connectivity index is 2.41. The van der Waals surface area contributed by atoms with Crippen LogP contribution < -0.4 is 5.32 Å². The van der Waals surface area contributed by atoms with E-state index in [0.717, 1.165) is 29.4 Å². The summed E-state index contributed by atoms with van der Waals surface area (Å²) < 4.78 is 0. The number of aryl methyl sites for hydroxylation is 1. The van der Waals surface area contributed by atoms with Crippen molar-refractivity contribution in [3.63, 3.8) is 0 Å². The van der Waals surface area contributed by atoms with Gasteiger partial charge in [-0.3, -0.25) is 0 Å². The number of hydrogen-bond donors (Lipinski definition) is 1. The van der Waals surface area contributed by atoms with Crippen LogP contribution >= 0.6 is 0 Å². The lowest BCUT2D eigenvalue weighted by molar-refractivity contribution is 1.08. The third kappa shape index (κ3) is 2.37. The normalized spacial score (nSPS) is 10.1. The lowest BCUT2D eigenvalue weighted by Crippen LogP contribution is -2.02. The van der Waals surface area contributed by atoms with E-state index < -0.39 is 0 Å². The molecule has 0 atom stereocenters. The Morgan fingerprint density at radius 3 is 2.56 bits per heavy atom. The van der Waals surface area contributed by atoms with Gasteiger partial charge in [-0.05, 0) is 13.8 Å². The number of hydrogen-bond acceptors (Lipinski definition) is 3. The molecule has 82 valence electrons. The van der Waals surface area contributed by atoms with Crippen molar-refractivity contribution in [3.05, 3.63) is 42.1 Å². The zero-order valence-electron chi connectivity index (χ0n) is 9.57. The smallest absolute Gasteiger partial charge is 0.161 e. The molecule has 0 amide bonds. The summed E-state index contributed by atoms with van der Waals surface area (Å²) in [7, 11) is 0. The Morgan fingerprint density at radius 1 is 1.12 bits per heavy atom. The van der Waals surface area contributed by atoms with Gasteiger partial charge in [-0.1, -0.05) is 30.3 Å². The Kier molecular flexibility index (Phi) is 3.15. The van der Waals surface area contributed by atoms with Gasteiger partial charge < -0.3 is 5.32 Å². The van der Waals surface area contributed by atoms with Crippen molar-refractivity contribution < 1.29 is 0 Å². The van der Waals surface area contributed by atoms with E-state index in [-0.39, 0.29) is 0 Å². The minimum atomic E-state index is 0.775. The van der Waals surface area contributed by atoms with E-state index in [9.17, 15) is 0 Å². The second kappa shape index (κ2) is 4.75. The van der Waals surface area contributed by atoms with Crippen molar-refractivity contribution >= 4 is 5.82 Å². The molecule has 1 N–H and O–H groups in total. The molecule has 0 aliphatic carbocycles. The summed E-state index contributed by atoms with van der Waals surface area (Å²) in [6.07, 6.45) is 0. The van der Waals surface area contributed by atoms with E-state index in [1.807, 2.05) is 43.3 Å². The lowest BCUT2D eigenvalue weighted by atomic mass is 10.2. The fourth-order valence-corrected chi connectivity index (χ4v) is 1.56. The van der Waals surface area contributed by atoms with Gasteiger partial charge in [-0.2, -0.15) is 0 Å². The standard InChI is InChI=1S/C13H15N3/c1-3-14-12-9-10(2)15-13(16-12)11-7-5-4-6-8-11/h4-9H,3H2,1-2H3,(H,14,15,16). The molecule has 0 spiro atoms. The SMILES string of the molecule is CCNc1cc(C)nc(-c2ccccc2)n1. The Labute approximate surface area is 95.6 Å². The van der Waals surface area contributed by atoms with Gasteiger partial charge in [-0.25, -0.2) is 9.97 Å². The summed E-state index contributed by atoms with van der Waals surface area (Å²) in [5.74, 6) is 1.66. The first-order valence-corrected chi connectivity index (χ1v) is 5.44. The third-order valence-electron chi connectivity index (χ3n) is 2.24. The lowest BCUT2D eigenvalue weighted by Gasteiger charge is -2.06. The molecule has 0 radical (unpaired) electrons. The molecule has 1 aromatic heterocycles. The maximum absolute atomic E-state index is 4.47. The Bertz CT molecular complexity index is 466. The topological polar surface area (TPSA) is 37.8 Å². The first-order chi connectivity index (χ1) is 7.79. The van der Waals surface area contributed by atoms with Gasteiger partial charge in [-0.15, -0.1) is 0 Å². The molecule has 3 nitrogen and oxygen atoms in total. The van der Waals surface area contributed by atoms with Crippen molar-refractivity contribution in [1.29, 1.82) is 0 Å². The summed E-state index contributed by atoms with van der Waals surface area (Å²) in [6, 6.07) is 12.0. The minimum absolute atomic E-state index is 0.775. The van der Waals surface area contributed by atoms with Gasteiger partial charge >= 0.3 is 0 Å². The van der Waals surface area contributed by atoms with Gasteiger partial charge in [0.25, 0.3) is 0 Å². The first kappa shape index (κ1) is 10.6. The van der Waals surface area contributed by atoms with E-state index in [1.54, 1.807) is 0 Å². The molecule has 2 rings (SSSR count). The molecule has 16 heavy (non-hydrogen) atoms. The molecule has 3 heteroatoms. The van der Waals surface area contributed by atoms with Crippen LogP contribution in [-0.4, -0.2) is 16.5 Å². The second-order valence-electron chi connectivity index (χ2n) is 3.61. The number of nitrogens with zero attached hydrogens (tertiary/aromatic N) is 2. The zero-order valence-corrected chi connectivity index (χ0v) is 9.57. The third-order valence-corrected chi connectivity index (χ3v) is 2.24. The van der Waals surface area contributed by atoms with Gasteiger partial charge in [0.1, 0.15) is 5.82 Å². The van der Waals surface area contributed by atoms with Gasteiger partial charge in [0.2, 0.25) is 0 Å². The summed E-state index contributed by atoms with van der Waals surface area (Å²) in [5.41, 5.74) is 2.02. The van der Waals surface area contributed by atoms with E-state index in [2.05, 4.69) is 22.2 Å². The Morgan fingerprint density at radius 2 is 1.88 bits per heavy atom. The largest absolute Gasteiger partial charge is 0.370 e. The van der Waals surface area contributed by atoms with Crippen LogP contribution in [0.2, 0.25) is 0 Å². The molecule has 0 aliphatic rings. The van der Waals surface area contributed by atoms with Crippen LogP contribution in [0.15, 0.2) is 36.4 Å². The van der Waals surface area contributed by atoms with Crippen LogP contribution in [0.3, 0.4) is 0 Å². The molecule has 1 aromatic carbocycles. The van der Waals surface area contributed by atoms with Crippen molar-refractivity contribution in [2.24, 2.45) is 0 Å². The van der Waals surface area contributed by atoms with Crippen molar-refractivity contribution in [3.8, 4) is 11.4 Å². The fraction of sp³-hybridized carbons (Fsp3) is 0.231. The monoisotopic (exact) mass is 213 g/mol. The van der Waals surface area contributed by atoms with E-state index in [1.165, 1.54) is 0 Å². The summed E-state index contributed by atoms with van der Waals surface area (Å²) in [6.45, 7) is 4.90. The molecule has 2 aromatic rings. The highest BCUT2D eigenvalue weighted by Gasteiger charge is 2.03. The van der Waals surface area contributed by atoms with Crippen molar-refractivity contribution in [1.82, 2.24) is 9.97 Å². The number of rotatable bonds is 3. The molecule has 0 fully saturated rings. The maximum Gasteiger partial charge on any atom is 0.161 e. The highest BCUT2D eigenvalue weighted by molar-refractivity contribution is 5.57. The van der Waals surface area contributed by atoms with Crippen molar-refractivity contribution in [2.75, 3.05) is 11.9 Å². The summed E-state index contributed by atoms with van der Waals surface area (Å²) >= 11 is 0. The number of aromatic nitrogens is 2. The number of benzene rings is 1. The molecular weight excluding hydrogens is 198 g/mol. The van der Waals surface area contributed by atoms with Crippen LogP contribution in [0.1, 0.15) is 12.6 Å². The van der Waals surface area contributed by atoms with Crippen LogP contribution in [0.5, 0.6) is 0 Å². The molecule has 0 aliphatic heterocycles. The van der Waals surface area contributed by atoms with Crippen LogP contribution in [0, 0.1) is 6.92 Å². The fourth-order valence-electron chi connectivity index (χ4n) is 1.56. The molecule has 0 saturated heterocycles. The van der Waals surface area contributed by atoms with E-state index in [4.69, 9.17) is 0 Å². The molecule has 0 unspecified atom stereocenters. The quantitative estimate of drug-likeness (QED) is 0.851. The number of nitrogens with one attached hydrogen (secondary N) is 1. The molecule has 0 saturated carbocycles. The predicted octanol–water partition coefficient (Wildman–Crippen LogP) is 2.88. The highest BCUT2D eigenvalue weighted by Crippen LogP contribution is 2.17. The van der Waals surface area contributed by atoms with Crippen LogP contribution in [0.4, 0.5) is 5.82 Å².